The van der Waals surface area contributed by atoms with Crippen molar-refractivity contribution in [2.45, 2.75) is 18.9 Å². The highest BCUT2D eigenvalue weighted by atomic mass is 35.5. The van der Waals surface area contributed by atoms with Gasteiger partial charge in [0.15, 0.2) is 5.82 Å². The fourth-order valence-electron chi connectivity index (χ4n) is 2.94. The minimum absolute atomic E-state index is 0.0218. The molecule has 4 rings (SSSR count). The predicted molar refractivity (Wildman–Crippen MR) is 87.8 cm³/mol. The van der Waals surface area contributed by atoms with E-state index >= 15 is 0 Å². The Morgan fingerprint density at radius 2 is 2.09 bits per heavy atom. The van der Waals surface area contributed by atoms with Gasteiger partial charge in [0.1, 0.15) is 12.0 Å². The van der Waals surface area contributed by atoms with E-state index in [4.69, 9.17) is 11.6 Å². The van der Waals surface area contributed by atoms with Crippen LogP contribution in [0, 0.1) is 0 Å². The largest absolute Gasteiger partial charge is 0.344 e. The number of nitrogens with one attached hydrogen (secondary N) is 2. The first-order valence-corrected chi connectivity index (χ1v) is 7.73. The lowest BCUT2D eigenvalue weighted by Crippen LogP contribution is -2.33. The van der Waals surface area contributed by atoms with Gasteiger partial charge in [0, 0.05) is 12.6 Å². The fraction of sp³-hybridized carbons (Fsp3) is 0.188. The quantitative estimate of drug-likeness (QED) is 0.774. The Hall–Kier alpha value is -2.60. The van der Waals surface area contributed by atoms with E-state index in [2.05, 4.69) is 20.4 Å². The van der Waals surface area contributed by atoms with E-state index in [1.54, 1.807) is 11.2 Å². The second kappa shape index (κ2) is 5.55. The molecular formula is C16H14ClN5O. The molecular weight excluding hydrogens is 314 g/mol. The second-order valence-corrected chi connectivity index (χ2v) is 5.83. The van der Waals surface area contributed by atoms with Crippen LogP contribution in [-0.2, 0) is 4.79 Å². The molecule has 2 aromatic heterocycles. The van der Waals surface area contributed by atoms with E-state index in [0.29, 0.717) is 28.3 Å². The molecule has 3 aromatic rings. The number of nitrogens with zero attached hydrogens (tertiary/aromatic N) is 3. The molecule has 2 N–H and O–H groups in total. The molecule has 3 heterocycles. The molecule has 1 fully saturated rings. The van der Waals surface area contributed by atoms with Crippen molar-refractivity contribution in [1.82, 2.24) is 20.0 Å². The van der Waals surface area contributed by atoms with Gasteiger partial charge in [-0.2, -0.15) is 0 Å². The summed E-state index contributed by atoms with van der Waals surface area (Å²) in [5, 5.41) is 2.84. The fourth-order valence-corrected chi connectivity index (χ4v) is 3.17. The summed E-state index contributed by atoms with van der Waals surface area (Å²) in [5.74, 6) is 0.565. The van der Waals surface area contributed by atoms with Crippen LogP contribution in [0.25, 0.3) is 11.0 Å². The lowest BCUT2D eigenvalue weighted by atomic mass is 10.1. The summed E-state index contributed by atoms with van der Waals surface area (Å²) in [6.07, 6.45) is 4.37. The van der Waals surface area contributed by atoms with Crippen LogP contribution < -0.4 is 5.43 Å². The van der Waals surface area contributed by atoms with Gasteiger partial charge < -0.3 is 4.98 Å². The van der Waals surface area contributed by atoms with Gasteiger partial charge in [0.25, 0.3) is 0 Å². The van der Waals surface area contributed by atoms with Crippen LogP contribution in [0.5, 0.6) is 0 Å². The Labute approximate surface area is 137 Å². The number of hydrazine groups is 1. The van der Waals surface area contributed by atoms with Gasteiger partial charge in [0.05, 0.1) is 16.5 Å². The van der Waals surface area contributed by atoms with Crippen molar-refractivity contribution in [1.29, 1.82) is 0 Å². The Morgan fingerprint density at radius 3 is 2.91 bits per heavy atom. The van der Waals surface area contributed by atoms with Crippen molar-refractivity contribution in [3.05, 3.63) is 53.4 Å². The minimum Gasteiger partial charge on any atom is -0.344 e. The number of hydrogen-bond acceptors (Lipinski definition) is 4. The number of fused-ring (bicyclic) bond motifs is 1. The summed E-state index contributed by atoms with van der Waals surface area (Å²) in [6, 6.07) is 9.94. The molecule has 0 saturated carbocycles. The molecule has 0 aliphatic carbocycles. The third-order valence-electron chi connectivity index (χ3n) is 4.04. The van der Waals surface area contributed by atoms with Gasteiger partial charge in [-0.05, 0) is 12.0 Å². The summed E-state index contributed by atoms with van der Waals surface area (Å²) in [4.78, 5) is 23.7. The third kappa shape index (κ3) is 2.41. The Morgan fingerprint density at radius 1 is 1.26 bits per heavy atom. The smallest absolute Gasteiger partial charge is 0.241 e. The van der Waals surface area contributed by atoms with Crippen molar-refractivity contribution in [2.24, 2.45) is 0 Å². The van der Waals surface area contributed by atoms with Gasteiger partial charge >= 0.3 is 0 Å². The topological polar surface area (TPSA) is 73.9 Å². The Balaban J connectivity index is 1.71. The van der Waals surface area contributed by atoms with Gasteiger partial charge in [-0.25, -0.2) is 15.0 Å². The molecule has 0 unspecified atom stereocenters. The molecule has 1 saturated heterocycles. The van der Waals surface area contributed by atoms with Crippen LogP contribution in [0.3, 0.4) is 0 Å². The third-order valence-corrected chi connectivity index (χ3v) is 4.34. The maximum absolute atomic E-state index is 12.3. The number of aromatic nitrogens is 3. The molecule has 1 aromatic carbocycles. The van der Waals surface area contributed by atoms with E-state index in [0.717, 1.165) is 12.0 Å². The van der Waals surface area contributed by atoms with Gasteiger partial charge in [0.2, 0.25) is 5.91 Å². The molecule has 6 nitrogen and oxygen atoms in total. The molecule has 1 aliphatic rings. The maximum Gasteiger partial charge on any atom is 0.241 e. The first kappa shape index (κ1) is 14.0. The first-order valence-electron chi connectivity index (χ1n) is 7.35. The SMILES string of the molecule is O=C1CC[C@@H](c2ccccc2)N1Nc1ncnc2[nH]cc(Cl)c12. The number of benzene rings is 1. The number of rotatable bonds is 3. The average Bonchev–Trinajstić information content (AvgIpc) is 3.13. The van der Waals surface area contributed by atoms with Crippen LogP contribution >= 0.6 is 11.6 Å². The standard InChI is InChI=1S/C16H14ClN5O/c17-11-8-18-15-14(11)16(20-9-19-15)21-22-12(6-7-13(22)23)10-4-2-1-3-5-10/h1-5,8-9,12H,6-7H2,(H2,18,19,20,21)/t12-/m0/s1. The monoisotopic (exact) mass is 327 g/mol. The van der Waals surface area contributed by atoms with Crippen LogP contribution in [-0.4, -0.2) is 25.9 Å². The molecule has 7 heteroatoms. The number of carbonyl (C=O) groups is 1. The summed E-state index contributed by atoms with van der Waals surface area (Å²) >= 11 is 6.20. The molecule has 1 aliphatic heterocycles. The Kier molecular flexibility index (Phi) is 3.38. The highest BCUT2D eigenvalue weighted by molar-refractivity contribution is 6.36. The number of aromatic amines is 1. The molecule has 116 valence electrons. The van der Waals surface area contributed by atoms with E-state index < -0.39 is 0 Å². The number of H-pyrrole nitrogens is 1. The van der Waals surface area contributed by atoms with E-state index in [1.807, 2.05) is 30.3 Å². The van der Waals surface area contributed by atoms with Crippen molar-refractivity contribution in [2.75, 3.05) is 5.43 Å². The molecule has 0 bridgehead atoms. The minimum atomic E-state index is -0.0218. The summed E-state index contributed by atoms with van der Waals surface area (Å²) in [7, 11) is 0. The highest BCUT2D eigenvalue weighted by Gasteiger charge is 2.33. The van der Waals surface area contributed by atoms with Crippen LogP contribution in [0.1, 0.15) is 24.4 Å². The van der Waals surface area contributed by atoms with Crippen LogP contribution in [0.4, 0.5) is 5.82 Å². The lowest BCUT2D eigenvalue weighted by molar-refractivity contribution is -0.127. The molecule has 0 spiro atoms. The van der Waals surface area contributed by atoms with Crippen molar-refractivity contribution >= 4 is 34.4 Å². The van der Waals surface area contributed by atoms with Crippen molar-refractivity contribution in [3.8, 4) is 0 Å². The number of amides is 1. The molecule has 1 amide bonds. The number of anilines is 1. The Bertz CT molecular complexity index is 863. The number of carbonyl (C=O) groups excluding carboxylic acids is 1. The average molecular weight is 328 g/mol. The number of halogens is 1. The zero-order chi connectivity index (χ0) is 15.8. The normalized spacial score (nSPS) is 17.9. The first-order chi connectivity index (χ1) is 11.2. The zero-order valence-corrected chi connectivity index (χ0v) is 12.9. The zero-order valence-electron chi connectivity index (χ0n) is 12.2. The van der Waals surface area contributed by atoms with Crippen LogP contribution in [0.15, 0.2) is 42.9 Å². The highest BCUT2D eigenvalue weighted by Crippen LogP contribution is 2.34. The lowest BCUT2D eigenvalue weighted by Gasteiger charge is -2.26. The predicted octanol–water partition coefficient (Wildman–Crippen LogP) is 3.30. The summed E-state index contributed by atoms with van der Waals surface area (Å²) < 4.78 is 0. The van der Waals surface area contributed by atoms with Gasteiger partial charge in [-0.1, -0.05) is 41.9 Å². The number of hydrogen-bond donors (Lipinski definition) is 2. The molecule has 1 atom stereocenters. The van der Waals surface area contributed by atoms with E-state index in [9.17, 15) is 4.79 Å². The van der Waals surface area contributed by atoms with Crippen molar-refractivity contribution in [3.63, 3.8) is 0 Å². The molecule has 23 heavy (non-hydrogen) atoms. The molecule has 0 radical (unpaired) electrons. The summed E-state index contributed by atoms with van der Waals surface area (Å²) in [5.41, 5.74) is 4.87. The maximum atomic E-state index is 12.3. The van der Waals surface area contributed by atoms with E-state index in [1.165, 1.54) is 6.33 Å². The van der Waals surface area contributed by atoms with E-state index in [-0.39, 0.29) is 11.9 Å². The van der Waals surface area contributed by atoms with Crippen molar-refractivity contribution < 1.29 is 4.79 Å². The van der Waals surface area contributed by atoms with Gasteiger partial charge in [-0.15, -0.1) is 0 Å². The van der Waals surface area contributed by atoms with Gasteiger partial charge in [-0.3, -0.25) is 10.2 Å². The second-order valence-electron chi connectivity index (χ2n) is 5.42. The summed E-state index contributed by atoms with van der Waals surface area (Å²) in [6.45, 7) is 0. The van der Waals surface area contributed by atoms with Crippen LogP contribution in [0.2, 0.25) is 5.02 Å².